The third-order valence-electron chi connectivity index (χ3n) is 2.61. The van der Waals surface area contributed by atoms with Crippen molar-refractivity contribution in [1.29, 1.82) is 0 Å². The number of nitrogens with two attached hydrogens (primary N) is 1. The molecule has 0 aliphatic carbocycles. The molecule has 0 saturated heterocycles. The summed E-state index contributed by atoms with van der Waals surface area (Å²) in [4.78, 5) is 12.2. The van der Waals surface area contributed by atoms with Gasteiger partial charge in [-0.15, -0.1) is 0 Å². The summed E-state index contributed by atoms with van der Waals surface area (Å²) < 4.78 is 15.6. The second-order valence-electron chi connectivity index (χ2n) is 3.57. The Hall–Kier alpha value is -2.37. The zero-order chi connectivity index (χ0) is 14.4. The fourth-order valence-electron chi connectivity index (χ4n) is 1.64. The second kappa shape index (κ2) is 6.53. The highest BCUT2D eigenvalue weighted by Gasteiger charge is 2.18. The number of ketones is 1. The fourth-order valence-corrected chi connectivity index (χ4v) is 1.64. The van der Waals surface area contributed by atoms with E-state index in [9.17, 15) is 4.79 Å². The van der Waals surface area contributed by atoms with Crippen LogP contribution in [0.25, 0.3) is 0 Å². The van der Waals surface area contributed by atoms with Crippen molar-refractivity contribution in [2.75, 3.05) is 28.4 Å². The maximum absolute atomic E-state index is 12.2. The van der Waals surface area contributed by atoms with E-state index in [0.29, 0.717) is 22.8 Å². The average Bonchev–Trinajstić information content (AvgIpc) is 2.46. The molecule has 0 spiro atoms. The van der Waals surface area contributed by atoms with Crippen LogP contribution in [-0.4, -0.2) is 34.2 Å². The van der Waals surface area contributed by atoms with Gasteiger partial charge in [-0.3, -0.25) is 4.79 Å². The van der Waals surface area contributed by atoms with E-state index in [1.54, 1.807) is 19.2 Å². The SMILES string of the molecule is CN/C(=C\N)C(=O)c1cc(OC)c(OC)c(OC)c1. The molecule has 0 unspecified atom stereocenters. The van der Waals surface area contributed by atoms with Crippen LogP contribution in [0.3, 0.4) is 0 Å². The highest BCUT2D eigenvalue weighted by Crippen LogP contribution is 2.38. The molecule has 6 heteroatoms. The molecule has 0 heterocycles. The number of methoxy groups -OCH3 is 3. The smallest absolute Gasteiger partial charge is 0.210 e. The minimum Gasteiger partial charge on any atom is -0.493 e. The minimum absolute atomic E-state index is 0.260. The van der Waals surface area contributed by atoms with Crippen LogP contribution in [0.15, 0.2) is 24.0 Å². The summed E-state index contributed by atoms with van der Waals surface area (Å²) in [7, 11) is 6.10. The Morgan fingerprint density at radius 3 is 2.00 bits per heavy atom. The van der Waals surface area contributed by atoms with Gasteiger partial charge in [0, 0.05) is 18.8 Å². The molecule has 0 radical (unpaired) electrons. The van der Waals surface area contributed by atoms with Crippen LogP contribution in [0.5, 0.6) is 17.2 Å². The van der Waals surface area contributed by atoms with Crippen molar-refractivity contribution in [3.05, 3.63) is 29.6 Å². The number of benzene rings is 1. The monoisotopic (exact) mass is 266 g/mol. The highest BCUT2D eigenvalue weighted by molar-refractivity contribution is 6.08. The topological polar surface area (TPSA) is 82.8 Å². The summed E-state index contributed by atoms with van der Waals surface area (Å²) in [5.74, 6) is 1.00. The second-order valence-corrected chi connectivity index (χ2v) is 3.57. The molecule has 1 rings (SSSR count). The number of nitrogens with one attached hydrogen (secondary N) is 1. The Balaban J connectivity index is 3.34. The van der Waals surface area contributed by atoms with E-state index in [0.717, 1.165) is 0 Å². The molecule has 0 amide bonds. The highest BCUT2D eigenvalue weighted by atomic mass is 16.5. The quantitative estimate of drug-likeness (QED) is 0.588. The molecule has 3 N–H and O–H groups in total. The van der Waals surface area contributed by atoms with Gasteiger partial charge < -0.3 is 25.3 Å². The van der Waals surface area contributed by atoms with E-state index in [1.807, 2.05) is 0 Å². The number of hydrogen-bond donors (Lipinski definition) is 2. The summed E-state index contributed by atoms with van der Waals surface area (Å²) in [5, 5.41) is 2.73. The van der Waals surface area contributed by atoms with E-state index in [4.69, 9.17) is 19.9 Å². The van der Waals surface area contributed by atoms with Crippen LogP contribution in [0.2, 0.25) is 0 Å². The lowest BCUT2D eigenvalue weighted by Gasteiger charge is -2.14. The molecular formula is C13H18N2O4. The molecule has 0 atom stereocenters. The van der Waals surface area contributed by atoms with Crippen molar-refractivity contribution in [1.82, 2.24) is 5.32 Å². The first kappa shape index (κ1) is 14.7. The van der Waals surface area contributed by atoms with Crippen LogP contribution in [-0.2, 0) is 0 Å². The zero-order valence-electron chi connectivity index (χ0n) is 11.4. The maximum Gasteiger partial charge on any atom is 0.210 e. The predicted molar refractivity (Wildman–Crippen MR) is 71.8 cm³/mol. The predicted octanol–water partition coefficient (Wildman–Crippen LogP) is 0.915. The van der Waals surface area contributed by atoms with E-state index < -0.39 is 0 Å². The average molecular weight is 266 g/mol. The van der Waals surface area contributed by atoms with Crippen molar-refractivity contribution in [2.24, 2.45) is 5.73 Å². The number of allylic oxidation sites excluding steroid dienone is 1. The number of carbonyl (C=O) groups is 1. The molecule has 1 aromatic carbocycles. The Labute approximate surface area is 112 Å². The van der Waals surface area contributed by atoms with Gasteiger partial charge in [0.15, 0.2) is 11.5 Å². The Kier molecular flexibility index (Phi) is 5.05. The van der Waals surface area contributed by atoms with Gasteiger partial charge in [0.25, 0.3) is 0 Å². The van der Waals surface area contributed by atoms with E-state index in [-0.39, 0.29) is 11.5 Å². The summed E-state index contributed by atoms with van der Waals surface area (Å²) in [6.07, 6.45) is 1.21. The van der Waals surface area contributed by atoms with Crippen LogP contribution in [0, 0.1) is 0 Å². The molecule has 19 heavy (non-hydrogen) atoms. The molecule has 0 saturated carbocycles. The molecular weight excluding hydrogens is 248 g/mol. The van der Waals surface area contributed by atoms with E-state index in [1.165, 1.54) is 27.5 Å². The van der Waals surface area contributed by atoms with Crippen LogP contribution in [0.4, 0.5) is 0 Å². The molecule has 0 bridgehead atoms. The molecule has 6 nitrogen and oxygen atoms in total. The van der Waals surface area contributed by atoms with E-state index in [2.05, 4.69) is 5.32 Å². The molecule has 0 aliphatic rings. The van der Waals surface area contributed by atoms with Crippen LogP contribution < -0.4 is 25.3 Å². The third-order valence-corrected chi connectivity index (χ3v) is 2.61. The standard InChI is InChI=1S/C13H18N2O4/c1-15-9(7-14)12(16)8-5-10(17-2)13(19-4)11(6-8)18-3/h5-7,15H,14H2,1-4H3/b9-7-. The first-order valence-electron chi connectivity index (χ1n) is 5.57. The normalized spacial score (nSPS) is 10.8. The number of likely N-dealkylation sites (N-methyl/N-ethyl adjacent to an activating group) is 1. The zero-order valence-corrected chi connectivity index (χ0v) is 11.4. The Morgan fingerprint density at radius 1 is 1.16 bits per heavy atom. The molecule has 0 fully saturated rings. The maximum atomic E-state index is 12.2. The summed E-state index contributed by atoms with van der Waals surface area (Å²) in [5.41, 5.74) is 6.06. The first-order chi connectivity index (χ1) is 9.12. The lowest BCUT2D eigenvalue weighted by atomic mass is 10.1. The lowest BCUT2D eigenvalue weighted by Crippen LogP contribution is -2.18. The molecule has 0 aliphatic heterocycles. The lowest BCUT2D eigenvalue weighted by molar-refractivity contribution is 0.102. The van der Waals surface area contributed by atoms with Crippen molar-refractivity contribution in [3.8, 4) is 17.2 Å². The largest absolute Gasteiger partial charge is 0.493 e. The number of Topliss-reactive ketones (excluding diaryl/α,β-unsaturated/α-hetero) is 1. The van der Waals surface area contributed by atoms with Crippen molar-refractivity contribution in [3.63, 3.8) is 0 Å². The first-order valence-corrected chi connectivity index (χ1v) is 5.57. The fraction of sp³-hybridized carbons (Fsp3) is 0.308. The van der Waals surface area contributed by atoms with Crippen molar-refractivity contribution < 1.29 is 19.0 Å². The molecule has 1 aromatic rings. The van der Waals surface area contributed by atoms with Crippen molar-refractivity contribution >= 4 is 5.78 Å². The number of ether oxygens (including phenoxy) is 3. The van der Waals surface area contributed by atoms with Crippen LogP contribution in [0.1, 0.15) is 10.4 Å². The molecule has 104 valence electrons. The Morgan fingerprint density at radius 2 is 1.68 bits per heavy atom. The minimum atomic E-state index is -0.260. The van der Waals surface area contributed by atoms with Gasteiger partial charge in [0.2, 0.25) is 11.5 Å². The van der Waals surface area contributed by atoms with Crippen LogP contribution >= 0.6 is 0 Å². The van der Waals surface area contributed by atoms with Crippen molar-refractivity contribution in [2.45, 2.75) is 0 Å². The third kappa shape index (κ3) is 2.90. The summed E-state index contributed by atoms with van der Waals surface area (Å²) in [6, 6.07) is 3.15. The summed E-state index contributed by atoms with van der Waals surface area (Å²) >= 11 is 0. The van der Waals surface area contributed by atoms with Gasteiger partial charge >= 0.3 is 0 Å². The number of hydrogen-bond acceptors (Lipinski definition) is 6. The Bertz CT molecular complexity index is 472. The van der Waals surface area contributed by atoms with E-state index >= 15 is 0 Å². The van der Waals surface area contributed by atoms with Gasteiger partial charge in [-0.1, -0.05) is 0 Å². The van der Waals surface area contributed by atoms with Gasteiger partial charge in [0.05, 0.1) is 27.0 Å². The number of carbonyl (C=O) groups excluding carboxylic acids is 1. The summed E-state index contributed by atoms with van der Waals surface area (Å²) in [6.45, 7) is 0. The van der Waals surface area contributed by atoms with Gasteiger partial charge in [-0.2, -0.15) is 0 Å². The van der Waals surface area contributed by atoms with Gasteiger partial charge in [-0.05, 0) is 12.1 Å². The van der Waals surface area contributed by atoms with Gasteiger partial charge in [-0.25, -0.2) is 0 Å². The molecule has 0 aromatic heterocycles. The van der Waals surface area contributed by atoms with Gasteiger partial charge in [0.1, 0.15) is 0 Å². The number of rotatable bonds is 6.